The van der Waals surface area contributed by atoms with Gasteiger partial charge in [-0.2, -0.15) is 0 Å². The third-order valence-electron chi connectivity index (χ3n) is 9.82. The molecule has 0 bridgehead atoms. The van der Waals surface area contributed by atoms with Crippen LogP contribution < -0.4 is 0 Å². The van der Waals surface area contributed by atoms with Crippen molar-refractivity contribution in [2.75, 3.05) is 0 Å². The minimum Gasteiger partial charge on any atom is -0.309 e. The van der Waals surface area contributed by atoms with Gasteiger partial charge in [0.15, 0.2) is 5.84 Å². The highest BCUT2D eigenvalue weighted by atomic mass is 15.0. The Morgan fingerprint density at radius 1 is 0.686 bits per heavy atom. The Bertz CT molecular complexity index is 2540. The van der Waals surface area contributed by atoms with E-state index in [1.807, 2.05) is 30.3 Å². The van der Waals surface area contributed by atoms with Crippen molar-refractivity contribution in [3.63, 3.8) is 0 Å². The van der Waals surface area contributed by atoms with Crippen LogP contribution in [0.25, 0.3) is 61.5 Å². The zero-order valence-corrected chi connectivity index (χ0v) is 29.1. The highest BCUT2D eigenvalue weighted by Crippen LogP contribution is 2.40. The maximum Gasteiger partial charge on any atom is 0.159 e. The third kappa shape index (κ3) is 6.31. The lowest BCUT2D eigenvalue weighted by Gasteiger charge is -2.19. The van der Waals surface area contributed by atoms with Crippen molar-refractivity contribution in [2.45, 2.75) is 20.3 Å². The molecule has 0 fully saturated rings. The summed E-state index contributed by atoms with van der Waals surface area (Å²) in [6.07, 6.45) is 10.1. The molecule has 0 saturated carbocycles. The summed E-state index contributed by atoms with van der Waals surface area (Å²) < 4.78 is 2.45. The van der Waals surface area contributed by atoms with Crippen molar-refractivity contribution in [1.82, 2.24) is 4.57 Å². The predicted molar refractivity (Wildman–Crippen MR) is 219 cm³/mol. The molecule has 0 unspecified atom stereocenters. The lowest BCUT2D eigenvalue weighted by atomic mass is 9.93. The molecule has 0 radical (unpaired) electrons. The molecule has 8 rings (SSSR count). The number of rotatable bonds is 9. The van der Waals surface area contributed by atoms with Crippen molar-refractivity contribution in [3.8, 4) is 27.9 Å². The molecule has 1 heterocycles. The van der Waals surface area contributed by atoms with Gasteiger partial charge in [0.05, 0.1) is 22.4 Å². The normalized spacial score (nSPS) is 13.0. The van der Waals surface area contributed by atoms with E-state index in [9.17, 15) is 0 Å². The molecule has 0 aliphatic heterocycles. The minimum atomic E-state index is 0.559. The van der Waals surface area contributed by atoms with Crippen molar-refractivity contribution < 1.29 is 0 Å². The number of aryl methyl sites for hydroxylation is 2. The Hall–Kier alpha value is -6.32. The molecule has 0 N–H and O–H groups in total. The maximum absolute atomic E-state index is 4.77. The van der Waals surface area contributed by atoms with Crippen LogP contribution in [-0.4, -0.2) is 17.1 Å². The van der Waals surface area contributed by atoms with Crippen LogP contribution in [0.5, 0.6) is 0 Å². The molecular formula is C48H39N3. The lowest BCUT2D eigenvalue weighted by Crippen LogP contribution is -2.01. The zero-order chi connectivity index (χ0) is 34.9. The van der Waals surface area contributed by atoms with Crippen molar-refractivity contribution in [3.05, 3.63) is 186 Å². The summed E-state index contributed by atoms with van der Waals surface area (Å²) in [5, 5.41) is 2.48. The van der Waals surface area contributed by atoms with Crippen LogP contribution in [0.1, 0.15) is 34.2 Å². The number of hydrogen-bond donors (Lipinski definition) is 0. The van der Waals surface area contributed by atoms with Gasteiger partial charge in [-0.25, -0.2) is 9.98 Å². The number of fused-ring (bicyclic) bond motifs is 3. The fourth-order valence-corrected chi connectivity index (χ4v) is 7.09. The van der Waals surface area contributed by atoms with E-state index in [1.54, 1.807) is 0 Å². The van der Waals surface area contributed by atoms with E-state index in [1.165, 1.54) is 55.2 Å². The Morgan fingerprint density at radius 3 is 2.14 bits per heavy atom. The van der Waals surface area contributed by atoms with E-state index >= 15 is 0 Å². The molecule has 0 spiro atoms. The van der Waals surface area contributed by atoms with Gasteiger partial charge in [0, 0.05) is 21.9 Å². The van der Waals surface area contributed by atoms with Crippen LogP contribution in [0.15, 0.2) is 168 Å². The van der Waals surface area contributed by atoms with E-state index in [2.05, 4.69) is 164 Å². The number of hydrogen-bond acceptors (Lipinski definition) is 1. The van der Waals surface area contributed by atoms with Crippen molar-refractivity contribution in [2.24, 2.45) is 15.9 Å². The molecule has 0 saturated heterocycles. The lowest BCUT2D eigenvalue weighted by molar-refractivity contribution is 0.946. The van der Waals surface area contributed by atoms with Gasteiger partial charge in [-0.3, -0.25) is 0 Å². The average molecular weight is 658 g/mol. The Kier molecular flexibility index (Phi) is 8.47. The number of allylic oxidation sites excluding steroid dienone is 3. The SMILES string of the molecule is C=NC(=NC(=C)c1ccc(-c2c(C)cccc2-n2c3ccc(/C=C/CC4C=C4)cc3c3cc(-c4ccccc4)ccc32)c(C)c1)c1ccccc1. The van der Waals surface area contributed by atoms with Gasteiger partial charge in [0.2, 0.25) is 0 Å². The molecule has 3 heteroatoms. The molecule has 246 valence electrons. The number of amidine groups is 1. The highest BCUT2D eigenvalue weighted by molar-refractivity contribution is 6.11. The van der Waals surface area contributed by atoms with Crippen LogP contribution in [0.2, 0.25) is 0 Å². The number of nitrogens with zero attached hydrogens (tertiary/aromatic N) is 3. The van der Waals surface area contributed by atoms with Gasteiger partial charge in [-0.1, -0.05) is 128 Å². The second kappa shape index (κ2) is 13.5. The first kappa shape index (κ1) is 31.9. The van der Waals surface area contributed by atoms with Crippen molar-refractivity contribution in [1.29, 1.82) is 0 Å². The van der Waals surface area contributed by atoms with Gasteiger partial charge >= 0.3 is 0 Å². The van der Waals surface area contributed by atoms with E-state index in [0.29, 0.717) is 17.5 Å². The Labute approximate surface area is 300 Å². The van der Waals surface area contributed by atoms with Crippen molar-refractivity contribution >= 4 is 46.1 Å². The van der Waals surface area contributed by atoms with Crippen LogP contribution in [-0.2, 0) is 0 Å². The summed E-state index contributed by atoms with van der Waals surface area (Å²) >= 11 is 0. The van der Waals surface area contributed by atoms with Gasteiger partial charge in [0.25, 0.3) is 0 Å². The largest absolute Gasteiger partial charge is 0.309 e. The summed E-state index contributed by atoms with van der Waals surface area (Å²) in [5.74, 6) is 1.18. The van der Waals surface area contributed by atoms with E-state index in [4.69, 9.17) is 4.99 Å². The number of aromatic nitrogens is 1. The molecule has 3 nitrogen and oxygen atoms in total. The number of aliphatic imine (C=N–C) groups is 2. The second-order valence-corrected chi connectivity index (χ2v) is 13.3. The molecule has 0 atom stereocenters. The predicted octanol–water partition coefficient (Wildman–Crippen LogP) is 12.4. The van der Waals surface area contributed by atoms with E-state index in [-0.39, 0.29) is 0 Å². The topological polar surface area (TPSA) is 29.6 Å². The van der Waals surface area contributed by atoms with Crippen LogP contribution in [0, 0.1) is 19.8 Å². The smallest absolute Gasteiger partial charge is 0.159 e. The van der Waals surface area contributed by atoms with Crippen LogP contribution in [0.4, 0.5) is 0 Å². The molecular weight excluding hydrogens is 619 g/mol. The monoisotopic (exact) mass is 657 g/mol. The maximum atomic E-state index is 4.77. The first-order valence-electron chi connectivity index (χ1n) is 17.5. The second-order valence-electron chi connectivity index (χ2n) is 13.3. The molecule has 7 aromatic rings. The summed E-state index contributed by atoms with van der Waals surface area (Å²) in [4.78, 5) is 8.97. The van der Waals surface area contributed by atoms with Crippen LogP contribution in [0.3, 0.4) is 0 Å². The summed E-state index contributed by atoms with van der Waals surface area (Å²) in [6.45, 7) is 12.4. The summed E-state index contributed by atoms with van der Waals surface area (Å²) in [7, 11) is 0. The average Bonchev–Trinajstić information content (AvgIpc) is 3.94. The molecule has 1 aliphatic carbocycles. The van der Waals surface area contributed by atoms with E-state index < -0.39 is 0 Å². The Balaban J connectivity index is 1.26. The van der Waals surface area contributed by atoms with Gasteiger partial charge in [-0.05, 0) is 108 Å². The van der Waals surface area contributed by atoms with Crippen LogP contribution >= 0.6 is 0 Å². The number of benzene rings is 6. The third-order valence-corrected chi connectivity index (χ3v) is 9.82. The summed E-state index contributed by atoms with van der Waals surface area (Å²) in [6, 6.07) is 47.4. The molecule has 1 aliphatic rings. The first-order chi connectivity index (χ1) is 25.0. The molecule has 1 aromatic heterocycles. The quantitative estimate of drug-likeness (QED) is 0.0840. The fraction of sp³-hybridized carbons (Fsp3) is 0.0833. The van der Waals surface area contributed by atoms with E-state index in [0.717, 1.165) is 28.8 Å². The fourth-order valence-electron chi connectivity index (χ4n) is 7.09. The molecule has 51 heavy (non-hydrogen) atoms. The van der Waals surface area contributed by atoms with Gasteiger partial charge < -0.3 is 4.57 Å². The molecule has 6 aromatic carbocycles. The first-order valence-corrected chi connectivity index (χ1v) is 17.5. The van der Waals surface area contributed by atoms with Gasteiger partial charge in [0.1, 0.15) is 0 Å². The minimum absolute atomic E-state index is 0.559. The standard InChI is InChI=1S/C48H39N3/c1-32-13-11-20-46(47(32)41-26-24-39(29-33(41)2)34(3)50-48(49-4)38-18-9-6-10-19-38)51-44-27-23-36(15-12-14-35-21-22-35)30-42(44)43-31-40(25-28-45(43)51)37-16-7-5-8-17-37/h5-13,15-31,35H,3-4,14H2,1-2H3/b15-12+,50-48?. The highest BCUT2D eigenvalue weighted by Gasteiger charge is 2.19. The Morgan fingerprint density at radius 2 is 1.41 bits per heavy atom. The zero-order valence-electron chi connectivity index (χ0n) is 29.1. The summed E-state index contributed by atoms with van der Waals surface area (Å²) in [5.41, 5.74) is 14.4. The molecule has 0 amide bonds. The van der Waals surface area contributed by atoms with Gasteiger partial charge in [-0.15, -0.1) is 0 Å².